The van der Waals surface area contributed by atoms with E-state index in [4.69, 9.17) is 0 Å². The minimum absolute atomic E-state index is 0.0181. The fourth-order valence-corrected chi connectivity index (χ4v) is 3.47. The van der Waals surface area contributed by atoms with E-state index < -0.39 is 0 Å². The summed E-state index contributed by atoms with van der Waals surface area (Å²) in [6.45, 7) is 7.21. The lowest BCUT2D eigenvalue weighted by Gasteiger charge is -2.36. The van der Waals surface area contributed by atoms with Gasteiger partial charge in [-0.2, -0.15) is 0 Å². The van der Waals surface area contributed by atoms with E-state index >= 15 is 0 Å². The molecule has 0 saturated carbocycles. The third-order valence-corrected chi connectivity index (χ3v) is 5.28. The molecule has 1 fully saturated rings. The Hall–Kier alpha value is -2.01. The van der Waals surface area contributed by atoms with E-state index in [0.717, 1.165) is 41.9 Å². The molecule has 126 valence electrons. The first-order valence-electron chi connectivity index (χ1n) is 8.18. The fourth-order valence-electron chi connectivity index (χ4n) is 2.94. The van der Waals surface area contributed by atoms with Crippen molar-refractivity contribution in [3.63, 3.8) is 0 Å². The number of benzene rings is 2. The van der Waals surface area contributed by atoms with E-state index in [-0.39, 0.29) is 6.03 Å². The Balaban J connectivity index is 1.61. The topological polar surface area (TPSA) is 35.6 Å². The molecule has 5 heteroatoms. The maximum absolute atomic E-state index is 12.5. The van der Waals surface area contributed by atoms with Crippen LogP contribution in [0.4, 0.5) is 16.2 Å². The van der Waals surface area contributed by atoms with Gasteiger partial charge in [0.2, 0.25) is 0 Å². The summed E-state index contributed by atoms with van der Waals surface area (Å²) in [4.78, 5) is 16.7. The van der Waals surface area contributed by atoms with Gasteiger partial charge >= 0.3 is 6.03 Å². The Kier molecular flexibility index (Phi) is 5.09. The molecule has 0 bridgehead atoms. The first-order chi connectivity index (χ1) is 11.6. The predicted molar refractivity (Wildman–Crippen MR) is 103 cm³/mol. The average Bonchev–Trinajstić information content (AvgIpc) is 2.59. The molecule has 1 N–H and O–H groups in total. The molecule has 1 saturated heterocycles. The number of amides is 2. The standard InChI is InChI=1S/C19H22BrN3O/c1-14-6-5-8-17(15(14)2)21-19(24)23-12-10-22(11-13-23)18-9-4-3-7-16(18)20/h3-9H,10-13H2,1-2H3,(H,21,24). The van der Waals surface area contributed by atoms with Gasteiger partial charge in [0.1, 0.15) is 0 Å². The molecule has 1 heterocycles. The molecule has 2 amide bonds. The van der Waals surface area contributed by atoms with E-state index in [2.05, 4.69) is 51.3 Å². The number of halogens is 1. The zero-order valence-corrected chi connectivity index (χ0v) is 15.6. The summed E-state index contributed by atoms with van der Waals surface area (Å²) in [5, 5.41) is 3.05. The van der Waals surface area contributed by atoms with Crippen molar-refractivity contribution in [2.24, 2.45) is 0 Å². The number of carbonyl (C=O) groups excluding carboxylic acids is 1. The summed E-state index contributed by atoms with van der Waals surface area (Å²) >= 11 is 3.60. The maximum atomic E-state index is 12.5. The highest BCUT2D eigenvalue weighted by Gasteiger charge is 2.22. The van der Waals surface area contributed by atoms with Gasteiger partial charge in [0.15, 0.2) is 0 Å². The number of para-hydroxylation sites is 1. The van der Waals surface area contributed by atoms with Crippen molar-refractivity contribution in [3.8, 4) is 0 Å². The van der Waals surface area contributed by atoms with Crippen LogP contribution >= 0.6 is 15.9 Å². The monoisotopic (exact) mass is 387 g/mol. The van der Waals surface area contributed by atoms with Gasteiger partial charge in [0.05, 0.1) is 5.69 Å². The molecule has 2 aromatic rings. The molecule has 2 aromatic carbocycles. The van der Waals surface area contributed by atoms with Gasteiger partial charge in [-0.05, 0) is 59.1 Å². The number of aryl methyl sites for hydroxylation is 1. The number of carbonyl (C=O) groups is 1. The number of nitrogens with one attached hydrogen (secondary N) is 1. The van der Waals surface area contributed by atoms with Crippen molar-refractivity contribution in [3.05, 3.63) is 58.1 Å². The summed E-state index contributed by atoms with van der Waals surface area (Å²) in [6, 6.07) is 14.2. The molecular formula is C19H22BrN3O. The minimum atomic E-state index is -0.0181. The van der Waals surface area contributed by atoms with Gasteiger partial charge < -0.3 is 15.1 Å². The lowest BCUT2D eigenvalue weighted by molar-refractivity contribution is 0.208. The number of urea groups is 1. The van der Waals surface area contributed by atoms with Crippen LogP contribution in [0, 0.1) is 13.8 Å². The van der Waals surface area contributed by atoms with Gasteiger partial charge in [-0.1, -0.05) is 24.3 Å². The molecule has 1 aliphatic heterocycles. The average molecular weight is 388 g/mol. The summed E-state index contributed by atoms with van der Waals surface area (Å²) < 4.78 is 1.10. The highest BCUT2D eigenvalue weighted by atomic mass is 79.9. The maximum Gasteiger partial charge on any atom is 0.321 e. The van der Waals surface area contributed by atoms with Crippen LogP contribution in [0.1, 0.15) is 11.1 Å². The van der Waals surface area contributed by atoms with Gasteiger partial charge in [-0.25, -0.2) is 4.79 Å². The van der Waals surface area contributed by atoms with Crippen LogP contribution in [0.3, 0.4) is 0 Å². The van der Waals surface area contributed by atoms with Crippen LogP contribution in [0.2, 0.25) is 0 Å². The first-order valence-corrected chi connectivity index (χ1v) is 8.97. The van der Waals surface area contributed by atoms with Gasteiger partial charge in [0, 0.05) is 36.3 Å². The van der Waals surface area contributed by atoms with Crippen LogP contribution in [0.25, 0.3) is 0 Å². The Morgan fingerprint density at radius 2 is 1.71 bits per heavy atom. The largest absolute Gasteiger partial charge is 0.367 e. The van der Waals surface area contributed by atoms with Gasteiger partial charge in [-0.15, -0.1) is 0 Å². The normalized spacial score (nSPS) is 14.6. The third-order valence-electron chi connectivity index (χ3n) is 4.61. The number of hydrogen-bond acceptors (Lipinski definition) is 2. The molecule has 0 radical (unpaired) electrons. The van der Waals surface area contributed by atoms with Crippen molar-refractivity contribution in [1.29, 1.82) is 0 Å². The quantitative estimate of drug-likeness (QED) is 0.827. The number of rotatable bonds is 2. The number of hydrogen-bond donors (Lipinski definition) is 1. The number of piperazine rings is 1. The van der Waals surface area contributed by atoms with Crippen molar-refractivity contribution in [2.45, 2.75) is 13.8 Å². The highest BCUT2D eigenvalue weighted by Crippen LogP contribution is 2.26. The van der Waals surface area contributed by atoms with Crippen LogP contribution in [-0.4, -0.2) is 37.1 Å². The van der Waals surface area contributed by atoms with Crippen LogP contribution < -0.4 is 10.2 Å². The Labute approximate surface area is 151 Å². The van der Waals surface area contributed by atoms with E-state index in [0.29, 0.717) is 0 Å². The zero-order chi connectivity index (χ0) is 17.1. The lowest BCUT2D eigenvalue weighted by atomic mass is 10.1. The number of nitrogens with zero attached hydrogens (tertiary/aromatic N) is 2. The summed E-state index contributed by atoms with van der Waals surface area (Å²) in [5.41, 5.74) is 4.39. The molecule has 0 spiro atoms. The van der Waals surface area contributed by atoms with Crippen molar-refractivity contribution in [2.75, 3.05) is 36.4 Å². The van der Waals surface area contributed by atoms with E-state index in [9.17, 15) is 4.79 Å². The summed E-state index contributed by atoms with van der Waals surface area (Å²) in [6.07, 6.45) is 0. The molecular weight excluding hydrogens is 366 g/mol. The smallest absolute Gasteiger partial charge is 0.321 e. The third kappa shape index (κ3) is 3.56. The molecule has 24 heavy (non-hydrogen) atoms. The molecule has 3 rings (SSSR count). The van der Waals surface area contributed by atoms with Gasteiger partial charge in [0.25, 0.3) is 0 Å². The molecule has 1 aliphatic rings. The molecule has 0 aromatic heterocycles. The molecule has 0 atom stereocenters. The summed E-state index contributed by atoms with van der Waals surface area (Å²) in [7, 11) is 0. The summed E-state index contributed by atoms with van der Waals surface area (Å²) in [5.74, 6) is 0. The Morgan fingerprint density at radius 3 is 2.42 bits per heavy atom. The second-order valence-electron chi connectivity index (χ2n) is 6.10. The first kappa shape index (κ1) is 16.8. The fraction of sp³-hybridized carbons (Fsp3) is 0.316. The van der Waals surface area contributed by atoms with Crippen LogP contribution in [-0.2, 0) is 0 Å². The molecule has 0 aliphatic carbocycles. The van der Waals surface area contributed by atoms with E-state index in [1.807, 2.05) is 36.1 Å². The second kappa shape index (κ2) is 7.26. The minimum Gasteiger partial charge on any atom is -0.367 e. The lowest BCUT2D eigenvalue weighted by Crippen LogP contribution is -2.50. The Bertz CT molecular complexity index is 739. The van der Waals surface area contributed by atoms with Crippen molar-refractivity contribution in [1.82, 2.24) is 4.90 Å². The second-order valence-corrected chi connectivity index (χ2v) is 6.96. The van der Waals surface area contributed by atoms with E-state index in [1.165, 1.54) is 11.3 Å². The molecule has 4 nitrogen and oxygen atoms in total. The van der Waals surface area contributed by atoms with Gasteiger partial charge in [-0.3, -0.25) is 0 Å². The van der Waals surface area contributed by atoms with E-state index in [1.54, 1.807) is 0 Å². The molecule has 0 unspecified atom stereocenters. The van der Waals surface area contributed by atoms with Crippen molar-refractivity contribution < 1.29 is 4.79 Å². The van der Waals surface area contributed by atoms with Crippen molar-refractivity contribution >= 4 is 33.3 Å². The zero-order valence-electron chi connectivity index (χ0n) is 14.1. The predicted octanol–water partition coefficient (Wildman–Crippen LogP) is 4.42. The van der Waals surface area contributed by atoms with Crippen LogP contribution in [0.15, 0.2) is 46.9 Å². The SMILES string of the molecule is Cc1cccc(NC(=O)N2CCN(c3ccccc3Br)CC2)c1C. The van der Waals surface area contributed by atoms with Crippen LogP contribution in [0.5, 0.6) is 0 Å². The Morgan fingerprint density at radius 1 is 1.00 bits per heavy atom. The number of anilines is 2. The highest BCUT2D eigenvalue weighted by molar-refractivity contribution is 9.10.